The van der Waals surface area contributed by atoms with Gasteiger partial charge in [-0.3, -0.25) is 4.79 Å². The molecule has 3 heteroatoms. The van der Waals surface area contributed by atoms with Gasteiger partial charge in [-0.2, -0.15) is 0 Å². The topological polar surface area (TPSA) is 55.1 Å². The van der Waals surface area contributed by atoms with Crippen molar-refractivity contribution >= 4 is 5.91 Å². The number of carbonyl (C=O) groups is 1. The molecule has 106 valence electrons. The lowest BCUT2D eigenvalue weighted by molar-refractivity contribution is -0.122. The van der Waals surface area contributed by atoms with Crippen molar-refractivity contribution in [2.45, 2.75) is 77.2 Å². The van der Waals surface area contributed by atoms with E-state index in [0.717, 1.165) is 6.42 Å². The van der Waals surface area contributed by atoms with Crippen molar-refractivity contribution in [3.8, 4) is 0 Å². The first-order valence-corrected chi connectivity index (χ1v) is 7.77. The molecule has 1 rings (SSSR count). The molecule has 0 aromatic carbocycles. The molecule has 0 radical (unpaired) electrons. The van der Waals surface area contributed by atoms with Gasteiger partial charge in [0.2, 0.25) is 5.91 Å². The minimum absolute atomic E-state index is 0.200. The van der Waals surface area contributed by atoms with Gasteiger partial charge in [0.1, 0.15) is 0 Å². The second-order valence-corrected chi connectivity index (χ2v) is 5.62. The largest absolute Gasteiger partial charge is 0.352 e. The summed E-state index contributed by atoms with van der Waals surface area (Å²) in [6.45, 7) is 2.82. The van der Waals surface area contributed by atoms with Gasteiger partial charge >= 0.3 is 0 Å². The molecule has 0 heterocycles. The van der Waals surface area contributed by atoms with E-state index in [1.54, 1.807) is 0 Å². The number of hydrogen-bond donors (Lipinski definition) is 2. The van der Waals surface area contributed by atoms with Crippen molar-refractivity contribution in [3.63, 3.8) is 0 Å². The monoisotopic (exact) mass is 254 g/mol. The molecule has 1 aliphatic rings. The molecule has 1 saturated carbocycles. The van der Waals surface area contributed by atoms with Gasteiger partial charge in [-0.15, -0.1) is 0 Å². The second kappa shape index (κ2) is 9.37. The van der Waals surface area contributed by atoms with Crippen LogP contribution in [0.3, 0.4) is 0 Å². The predicted octanol–water partition coefficient (Wildman–Crippen LogP) is 2.98. The van der Waals surface area contributed by atoms with Gasteiger partial charge in [-0.1, -0.05) is 45.4 Å². The normalized spacial score (nSPS) is 16.6. The first kappa shape index (κ1) is 15.5. The van der Waals surface area contributed by atoms with E-state index in [1.807, 2.05) is 0 Å². The zero-order valence-electron chi connectivity index (χ0n) is 11.9. The Morgan fingerprint density at radius 2 is 1.78 bits per heavy atom. The predicted molar refractivity (Wildman–Crippen MR) is 76.3 cm³/mol. The number of hydrogen-bond acceptors (Lipinski definition) is 2. The molecule has 0 aromatic heterocycles. The first-order chi connectivity index (χ1) is 8.77. The summed E-state index contributed by atoms with van der Waals surface area (Å²) in [6, 6.07) is 0.238. The van der Waals surface area contributed by atoms with E-state index in [0.29, 0.717) is 18.9 Å². The average molecular weight is 254 g/mol. The lowest BCUT2D eigenvalue weighted by atomic mass is 10.1. The molecular weight excluding hydrogens is 224 g/mol. The van der Waals surface area contributed by atoms with Crippen LogP contribution in [-0.4, -0.2) is 18.5 Å². The van der Waals surface area contributed by atoms with Gasteiger partial charge in [0, 0.05) is 19.0 Å². The van der Waals surface area contributed by atoms with Crippen molar-refractivity contribution in [2.24, 2.45) is 11.7 Å². The van der Waals surface area contributed by atoms with Crippen LogP contribution in [0.25, 0.3) is 0 Å². The number of rotatable bonds is 11. The lowest BCUT2D eigenvalue weighted by Crippen LogP contribution is -2.41. The number of unbranched alkanes of at least 4 members (excludes halogenated alkanes) is 6. The SMILES string of the molecule is CCCCCCCCCC(=O)NC(CN)C1CC1. The highest BCUT2D eigenvalue weighted by molar-refractivity contribution is 5.76. The molecule has 0 saturated heterocycles. The Bertz CT molecular complexity index is 227. The molecule has 1 atom stereocenters. The van der Waals surface area contributed by atoms with E-state index < -0.39 is 0 Å². The van der Waals surface area contributed by atoms with Crippen molar-refractivity contribution in [2.75, 3.05) is 6.54 Å². The maximum Gasteiger partial charge on any atom is 0.220 e. The van der Waals surface area contributed by atoms with Gasteiger partial charge in [-0.25, -0.2) is 0 Å². The van der Waals surface area contributed by atoms with Crippen molar-refractivity contribution in [3.05, 3.63) is 0 Å². The minimum Gasteiger partial charge on any atom is -0.352 e. The molecule has 0 spiro atoms. The number of amides is 1. The molecule has 0 bridgehead atoms. The Morgan fingerprint density at radius 1 is 1.17 bits per heavy atom. The van der Waals surface area contributed by atoms with Crippen molar-refractivity contribution in [1.29, 1.82) is 0 Å². The number of carbonyl (C=O) groups excluding carboxylic acids is 1. The molecule has 0 aromatic rings. The van der Waals surface area contributed by atoms with E-state index in [1.165, 1.54) is 51.4 Å². The van der Waals surface area contributed by atoms with Crippen LogP contribution in [0.2, 0.25) is 0 Å². The van der Waals surface area contributed by atoms with Gasteiger partial charge in [-0.05, 0) is 25.2 Å². The summed E-state index contributed by atoms with van der Waals surface area (Å²) in [5.74, 6) is 0.860. The fourth-order valence-corrected chi connectivity index (χ4v) is 2.39. The summed E-state index contributed by atoms with van der Waals surface area (Å²) in [6.07, 6.45) is 12.0. The summed E-state index contributed by atoms with van der Waals surface area (Å²) in [5.41, 5.74) is 5.67. The highest BCUT2D eigenvalue weighted by atomic mass is 16.1. The van der Waals surface area contributed by atoms with Crippen molar-refractivity contribution in [1.82, 2.24) is 5.32 Å². The maximum absolute atomic E-state index is 11.7. The summed E-state index contributed by atoms with van der Waals surface area (Å²) in [7, 11) is 0. The molecule has 1 unspecified atom stereocenters. The quantitative estimate of drug-likeness (QED) is 0.557. The number of nitrogens with two attached hydrogens (primary N) is 1. The van der Waals surface area contributed by atoms with Crippen LogP contribution in [0.1, 0.15) is 71.1 Å². The fraction of sp³-hybridized carbons (Fsp3) is 0.933. The zero-order valence-corrected chi connectivity index (χ0v) is 11.9. The average Bonchev–Trinajstić information content (AvgIpc) is 3.19. The molecule has 1 fully saturated rings. The first-order valence-electron chi connectivity index (χ1n) is 7.77. The highest BCUT2D eigenvalue weighted by Gasteiger charge is 2.30. The molecular formula is C15H30N2O. The standard InChI is InChI=1S/C15H30N2O/c1-2-3-4-5-6-7-8-9-15(18)17-14(12-16)13-10-11-13/h13-14H,2-12,16H2,1H3,(H,17,18). The summed E-state index contributed by atoms with van der Waals surface area (Å²) in [4.78, 5) is 11.7. The summed E-state index contributed by atoms with van der Waals surface area (Å²) in [5, 5.41) is 3.08. The van der Waals surface area contributed by atoms with E-state index in [9.17, 15) is 4.79 Å². The Morgan fingerprint density at radius 3 is 2.33 bits per heavy atom. The molecule has 0 aliphatic heterocycles. The third kappa shape index (κ3) is 7.00. The molecule has 1 aliphatic carbocycles. The Kier molecular flexibility index (Phi) is 8.06. The Balaban J connectivity index is 1.92. The Labute approximate surface area is 112 Å². The molecule has 3 N–H and O–H groups in total. The van der Waals surface area contributed by atoms with E-state index in [2.05, 4.69) is 12.2 Å². The third-order valence-electron chi connectivity index (χ3n) is 3.80. The lowest BCUT2D eigenvalue weighted by Gasteiger charge is -2.15. The highest BCUT2D eigenvalue weighted by Crippen LogP contribution is 2.32. The van der Waals surface area contributed by atoms with Gasteiger partial charge in [0.25, 0.3) is 0 Å². The fourth-order valence-electron chi connectivity index (χ4n) is 2.39. The van der Waals surface area contributed by atoms with E-state index in [-0.39, 0.29) is 11.9 Å². The van der Waals surface area contributed by atoms with Crippen LogP contribution in [0, 0.1) is 5.92 Å². The minimum atomic E-state index is 0.200. The molecule has 1 amide bonds. The maximum atomic E-state index is 11.7. The van der Waals surface area contributed by atoms with Gasteiger partial charge in [0.05, 0.1) is 0 Å². The van der Waals surface area contributed by atoms with Crippen LogP contribution in [-0.2, 0) is 4.79 Å². The molecule has 3 nitrogen and oxygen atoms in total. The summed E-state index contributed by atoms with van der Waals surface area (Å²) >= 11 is 0. The molecule has 18 heavy (non-hydrogen) atoms. The van der Waals surface area contributed by atoms with Crippen LogP contribution in [0.15, 0.2) is 0 Å². The van der Waals surface area contributed by atoms with E-state index >= 15 is 0 Å². The smallest absolute Gasteiger partial charge is 0.220 e. The van der Waals surface area contributed by atoms with Crippen molar-refractivity contribution < 1.29 is 4.79 Å². The Hall–Kier alpha value is -0.570. The second-order valence-electron chi connectivity index (χ2n) is 5.62. The van der Waals surface area contributed by atoms with E-state index in [4.69, 9.17) is 5.73 Å². The van der Waals surface area contributed by atoms with Crippen LogP contribution in [0.5, 0.6) is 0 Å². The number of nitrogens with one attached hydrogen (secondary N) is 1. The van der Waals surface area contributed by atoms with Crippen LogP contribution < -0.4 is 11.1 Å². The zero-order chi connectivity index (χ0) is 13.2. The third-order valence-corrected chi connectivity index (χ3v) is 3.80. The summed E-state index contributed by atoms with van der Waals surface area (Å²) < 4.78 is 0. The van der Waals surface area contributed by atoms with Gasteiger partial charge in [0.15, 0.2) is 0 Å². The van der Waals surface area contributed by atoms with Crippen LogP contribution >= 0.6 is 0 Å². The van der Waals surface area contributed by atoms with Gasteiger partial charge < -0.3 is 11.1 Å². The van der Waals surface area contributed by atoms with Crippen LogP contribution in [0.4, 0.5) is 0 Å².